The molecule has 1 aliphatic carbocycles. The van der Waals surface area contributed by atoms with E-state index in [1.54, 1.807) is 0 Å². The first kappa shape index (κ1) is 24.3. The van der Waals surface area contributed by atoms with E-state index in [-0.39, 0.29) is 37.8 Å². The standard InChI is InChI=1S/C25H30N2O6/c1-2-7-16(14-23(29)26-13-12-22(28)24(30)31)27-25(32)33-15-21-19-10-5-3-8-17(19)18-9-4-6-11-20(18)21/h3-6,8-11,16,21-22,28H,2,7,12-15H2,1H3,(H,26,29)(H,27,32)(H,30,31)/t16?,22-/m0/s1. The summed E-state index contributed by atoms with van der Waals surface area (Å²) in [5, 5.41) is 23.3. The Morgan fingerprint density at radius 1 is 1.00 bits per heavy atom. The fourth-order valence-corrected chi connectivity index (χ4v) is 4.15. The van der Waals surface area contributed by atoms with E-state index < -0.39 is 24.2 Å². The van der Waals surface area contributed by atoms with E-state index in [2.05, 4.69) is 22.8 Å². The van der Waals surface area contributed by atoms with Crippen LogP contribution in [0.1, 0.15) is 49.7 Å². The van der Waals surface area contributed by atoms with Crippen LogP contribution in [0.15, 0.2) is 48.5 Å². The summed E-state index contributed by atoms with van der Waals surface area (Å²) >= 11 is 0. The van der Waals surface area contributed by atoms with Crippen LogP contribution in [0.4, 0.5) is 4.79 Å². The summed E-state index contributed by atoms with van der Waals surface area (Å²) in [6.07, 6.45) is -0.782. The lowest BCUT2D eigenvalue weighted by molar-refractivity contribution is -0.147. The number of ether oxygens (including phenoxy) is 1. The number of carboxylic acids is 1. The van der Waals surface area contributed by atoms with Crippen molar-refractivity contribution >= 4 is 18.0 Å². The van der Waals surface area contributed by atoms with Crippen molar-refractivity contribution in [3.05, 3.63) is 59.7 Å². The number of hydrogen-bond acceptors (Lipinski definition) is 5. The van der Waals surface area contributed by atoms with Crippen LogP contribution >= 0.6 is 0 Å². The number of hydrogen-bond donors (Lipinski definition) is 4. The minimum absolute atomic E-state index is 0.0378. The van der Waals surface area contributed by atoms with Gasteiger partial charge in [0.25, 0.3) is 0 Å². The van der Waals surface area contributed by atoms with Gasteiger partial charge in [-0.15, -0.1) is 0 Å². The molecule has 33 heavy (non-hydrogen) atoms. The number of alkyl carbamates (subject to hydrolysis) is 1. The summed E-state index contributed by atoms with van der Waals surface area (Å²) in [5.41, 5.74) is 4.55. The molecular formula is C25H30N2O6. The molecular weight excluding hydrogens is 424 g/mol. The van der Waals surface area contributed by atoms with Crippen molar-refractivity contribution < 1.29 is 29.3 Å². The number of carboxylic acid groups (broad SMARTS) is 1. The number of amides is 2. The van der Waals surface area contributed by atoms with Gasteiger partial charge in [-0.2, -0.15) is 0 Å². The second-order valence-corrected chi connectivity index (χ2v) is 8.15. The Labute approximate surface area is 193 Å². The number of carbonyl (C=O) groups excluding carboxylic acids is 2. The van der Waals surface area contributed by atoms with E-state index in [0.29, 0.717) is 6.42 Å². The molecule has 8 heteroatoms. The SMILES string of the molecule is CCCC(CC(=O)NCC[C@H](O)C(=O)O)NC(=O)OCC1c2ccccc2-c2ccccc21. The minimum Gasteiger partial charge on any atom is -0.479 e. The zero-order chi connectivity index (χ0) is 23.8. The molecule has 2 aromatic carbocycles. The molecule has 2 atom stereocenters. The van der Waals surface area contributed by atoms with Crippen molar-refractivity contribution in [1.82, 2.24) is 10.6 Å². The van der Waals surface area contributed by atoms with Gasteiger partial charge in [-0.1, -0.05) is 61.9 Å². The Bertz CT molecular complexity index is 947. The maximum Gasteiger partial charge on any atom is 0.407 e. The summed E-state index contributed by atoms with van der Waals surface area (Å²) in [6, 6.07) is 15.8. The largest absolute Gasteiger partial charge is 0.479 e. The number of nitrogens with one attached hydrogen (secondary N) is 2. The highest BCUT2D eigenvalue weighted by Gasteiger charge is 2.29. The zero-order valence-electron chi connectivity index (χ0n) is 18.6. The van der Waals surface area contributed by atoms with Gasteiger partial charge in [0.05, 0.1) is 0 Å². The van der Waals surface area contributed by atoms with Crippen molar-refractivity contribution in [2.75, 3.05) is 13.2 Å². The molecule has 0 bridgehead atoms. The van der Waals surface area contributed by atoms with E-state index in [0.717, 1.165) is 28.7 Å². The van der Waals surface area contributed by atoms with Crippen molar-refractivity contribution in [3.8, 4) is 11.1 Å². The predicted molar refractivity (Wildman–Crippen MR) is 123 cm³/mol. The van der Waals surface area contributed by atoms with E-state index in [1.165, 1.54) is 0 Å². The van der Waals surface area contributed by atoms with Gasteiger partial charge in [0, 0.05) is 31.3 Å². The second kappa shape index (κ2) is 11.5. The quantitative estimate of drug-likeness (QED) is 0.414. The molecule has 0 heterocycles. The number of carbonyl (C=O) groups is 3. The molecule has 4 N–H and O–H groups in total. The molecule has 2 amide bonds. The van der Waals surface area contributed by atoms with Crippen molar-refractivity contribution in [3.63, 3.8) is 0 Å². The fourth-order valence-electron chi connectivity index (χ4n) is 4.15. The molecule has 0 aromatic heterocycles. The summed E-state index contributed by atoms with van der Waals surface area (Å²) in [4.78, 5) is 35.3. The van der Waals surface area contributed by atoms with Crippen LogP contribution in [0, 0.1) is 0 Å². The van der Waals surface area contributed by atoms with Crippen LogP contribution in [-0.4, -0.2) is 53.5 Å². The molecule has 0 radical (unpaired) electrons. The van der Waals surface area contributed by atoms with Crippen molar-refractivity contribution in [2.45, 2.75) is 50.7 Å². The number of aliphatic carboxylic acids is 1. The zero-order valence-corrected chi connectivity index (χ0v) is 18.6. The van der Waals surface area contributed by atoms with Gasteiger partial charge in [0.15, 0.2) is 6.10 Å². The molecule has 0 saturated heterocycles. The van der Waals surface area contributed by atoms with Gasteiger partial charge in [0.1, 0.15) is 6.61 Å². The highest BCUT2D eigenvalue weighted by molar-refractivity contribution is 5.79. The third-order valence-corrected chi connectivity index (χ3v) is 5.76. The number of fused-ring (bicyclic) bond motifs is 3. The van der Waals surface area contributed by atoms with Gasteiger partial charge in [0.2, 0.25) is 5.91 Å². The Balaban J connectivity index is 1.52. The molecule has 8 nitrogen and oxygen atoms in total. The van der Waals surface area contributed by atoms with Crippen LogP contribution in [0.3, 0.4) is 0 Å². The Morgan fingerprint density at radius 3 is 2.18 bits per heavy atom. The molecule has 0 fully saturated rings. The topological polar surface area (TPSA) is 125 Å². The Kier molecular flexibility index (Phi) is 8.43. The van der Waals surface area contributed by atoms with E-state index >= 15 is 0 Å². The summed E-state index contributed by atoms with van der Waals surface area (Å²) in [5.74, 6) is -1.70. The molecule has 0 aliphatic heterocycles. The summed E-state index contributed by atoms with van der Waals surface area (Å²) in [7, 11) is 0. The first-order chi connectivity index (χ1) is 15.9. The molecule has 3 rings (SSSR count). The van der Waals surface area contributed by atoms with Crippen LogP contribution in [0.2, 0.25) is 0 Å². The van der Waals surface area contributed by atoms with E-state index in [4.69, 9.17) is 9.84 Å². The third kappa shape index (κ3) is 6.32. The van der Waals surface area contributed by atoms with Crippen LogP contribution < -0.4 is 10.6 Å². The lowest BCUT2D eigenvalue weighted by Gasteiger charge is -2.19. The minimum atomic E-state index is -1.52. The van der Waals surface area contributed by atoms with Crippen LogP contribution in [0.5, 0.6) is 0 Å². The Morgan fingerprint density at radius 2 is 1.61 bits per heavy atom. The van der Waals surface area contributed by atoms with Gasteiger partial charge in [-0.05, 0) is 28.7 Å². The van der Waals surface area contributed by atoms with Crippen LogP contribution in [0.25, 0.3) is 11.1 Å². The van der Waals surface area contributed by atoms with Crippen molar-refractivity contribution in [1.29, 1.82) is 0 Å². The van der Waals surface area contributed by atoms with Crippen LogP contribution in [-0.2, 0) is 14.3 Å². The maximum absolute atomic E-state index is 12.5. The fraction of sp³-hybridized carbons (Fsp3) is 0.400. The second-order valence-electron chi connectivity index (χ2n) is 8.15. The molecule has 1 aliphatic rings. The number of aliphatic hydroxyl groups excluding tert-OH is 1. The third-order valence-electron chi connectivity index (χ3n) is 5.76. The molecule has 0 spiro atoms. The lowest BCUT2D eigenvalue weighted by Crippen LogP contribution is -2.40. The molecule has 1 unspecified atom stereocenters. The maximum atomic E-state index is 12.5. The molecule has 0 saturated carbocycles. The number of benzene rings is 2. The van der Waals surface area contributed by atoms with Gasteiger partial charge in [-0.3, -0.25) is 4.79 Å². The predicted octanol–water partition coefficient (Wildman–Crippen LogP) is 3.04. The number of aliphatic hydroxyl groups is 1. The average molecular weight is 455 g/mol. The monoisotopic (exact) mass is 454 g/mol. The lowest BCUT2D eigenvalue weighted by atomic mass is 9.98. The highest BCUT2D eigenvalue weighted by atomic mass is 16.5. The van der Waals surface area contributed by atoms with Gasteiger partial charge in [-0.25, -0.2) is 9.59 Å². The normalized spacial score (nSPS) is 14.0. The molecule has 176 valence electrons. The first-order valence-electron chi connectivity index (χ1n) is 11.2. The molecule has 2 aromatic rings. The van der Waals surface area contributed by atoms with E-state index in [1.807, 2.05) is 43.3 Å². The van der Waals surface area contributed by atoms with E-state index in [9.17, 15) is 19.5 Å². The first-order valence-corrected chi connectivity index (χ1v) is 11.2. The number of rotatable bonds is 11. The Hall–Kier alpha value is -3.39. The van der Waals surface area contributed by atoms with Gasteiger partial charge >= 0.3 is 12.1 Å². The van der Waals surface area contributed by atoms with Gasteiger partial charge < -0.3 is 25.6 Å². The smallest absolute Gasteiger partial charge is 0.407 e. The summed E-state index contributed by atoms with van der Waals surface area (Å²) in [6.45, 7) is 2.18. The highest BCUT2D eigenvalue weighted by Crippen LogP contribution is 2.44. The summed E-state index contributed by atoms with van der Waals surface area (Å²) < 4.78 is 5.56. The van der Waals surface area contributed by atoms with Crippen molar-refractivity contribution in [2.24, 2.45) is 0 Å². The average Bonchev–Trinajstić information content (AvgIpc) is 3.11.